The minimum atomic E-state index is -0.840. The summed E-state index contributed by atoms with van der Waals surface area (Å²) in [6, 6.07) is 11.5. The van der Waals surface area contributed by atoms with E-state index in [-0.39, 0.29) is 6.04 Å². The van der Waals surface area contributed by atoms with Crippen molar-refractivity contribution in [3.8, 4) is 6.07 Å². The van der Waals surface area contributed by atoms with Gasteiger partial charge in [-0.1, -0.05) is 30.3 Å². The summed E-state index contributed by atoms with van der Waals surface area (Å²) < 4.78 is 0. The van der Waals surface area contributed by atoms with Crippen molar-refractivity contribution in [2.24, 2.45) is 0 Å². The third kappa shape index (κ3) is 2.01. The van der Waals surface area contributed by atoms with Gasteiger partial charge in [0.25, 0.3) is 0 Å². The fraction of sp³-hybridized carbons (Fsp3) is 0.417. The van der Waals surface area contributed by atoms with Crippen LogP contribution in [0.3, 0.4) is 0 Å². The number of piperidine rings is 1. The standard InChI is InChI=1S/C12H14N2O/c13-9-11-8-12(15,6-7-14-11)10-4-2-1-3-5-10/h1-5,11,14-15H,6-8H2/t11-,12+/m0/s1. The second kappa shape index (κ2) is 4.01. The van der Waals surface area contributed by atoms with Crippen LogP contribution < -0.4 is 5.32 Å². The maximum atomic E-state index is 10.5. The van der Waals surface area contributed by atoms with Crippen molar-refractivity contribution >= 4 is 0 Å². The Hall–Kier alpha value is -1.37. The van der Waals surface area contributed by atoms with Crippen molar-refractivity contribution < 1.29 is 5.11 Å². The lowest BCUT2D eigenvalue weighted by Crippen LogP contribution is -2.45. The third-order valence-corrected chi connectivity index (χ3v) is 2.94. The van der Waals surface area contributed by atoms with Gasteiger partial charge in [-0.3, -0.25) is 0 Å². The molecule has 2 rings (SSSR count). The van der Waals surface area contributed by atoms with E-state index < -0.39 is 5.60 Å². The lowest BCUT2D eigenvalue weighted by Gasteiger charge is -2.35. The summed E-state index contributed by atoms with van der Waals surface area (Å²) in [5.41, 5.74) is 0.0687. The highest BCUT2D eigenvalue weighted by molar-refractivity contribution is 5.24. The molecule has 0 amide bonds. The molecular formula is C12H14N2O. The molecule has 1 aromatic rings. The molecule has 0 saturated carbocycles. The predicted octanol–water partition coefficient (Wildman–Crippen LogP) is 1.15. The van der Waals surface area contributed by atoms with E-state index in [2.05, 4.69) is 11.4 Å². The average Bonchev–Trinajstić information content (AvgIpc) is 2.30. The van der Waals surface area contributed by atoms with Crippen LogP contribution in [0.25, 0.3) is 0 Å². The first-order chi connectivity index (χ1) is 7.24. The SMILES string of the molecule is N#C[C@@H]1C[C@@](O)(c2ccccc2)CCN1. The maximum Gasteiger partial charge on any atom is 0.0983 e. The molecule has 1 aromatic carbocycles. The highest BCUT2D eigenvalue weighted by atomic mass is 16.3. The van der Waals surface area contributed by atoms with Gasteiger partial charge in [0.05, 0.1) is 17.7 Å². The topological polar surface area (TPSA) is 56.0 Å². The third-order valence-electron chi connectivity index (χ3n) is 2.94. The molecule has 0 aliphatic carbocycles. The van der Waals surface area contributed by atoms with Crippen LogP contribution in [-0.2, 0) is 5.60 Å². The van der Waals surface area contributed by atoms with Crippen molar-refractivity contribution in [3.05, 3.63) is 35.9 Å². The number of benzene rings is 1. The van der Waals surface area contributed by atoms with Crippen molar-refractivity contribution in [2.45, 2.75) is 24.5 Å². The van der Waals surface area contributed by atoms with Crippen LogP contribution in [0.15, 0.2) is 30.3 Å². The van der Waals surface area contributed by atoms with E-state index in [1.807, 2.05) is 30.3 Å². The van der Waals surface area contributed by atoms with E-state index in [1.54, 1.807) is 0 Å². The van der Waals surface area contributed by atoms with E-state index in [4.69, 9.17) is 5.26 Å². The Labute approximate surface area is 89.4 Å². The normalized spacial score (nSPS) is 30.8. The molecule has 2 N–H and O–H groups in total. The number of aliphatic hydroxyl groups is 1. The first-order valence-corrected chi connectivity index (χ1v) is 5.15. The van der Waals surface area contributed by atoms with Gasteiger partial charge in [-0.15, -0.1) is 0 Å². The minimum Gasteiger partial charge on any atom is -0.385 e. The van der Waals surface area contributed by atoms with Crippen LogP contribution >= 0.6 is 0 Å². The zero-order valence-corrected chi connectivity index (χ0v) is 8.48. The molecule has 15 heavy (non-hydrogen) atoms. The Morgan fingerprint density at radius 2 is 2.13 bits per heavy atom. The van der Waals surface area contributed by atoms with Gasteiger partial charge >= 0.3 is 0 Å². The van der Waals surface area contributed by atoms with Crippen LogP contribution in [0.5, 0.6) is 0 Å². The number of nitriles is 1. The molecule has 1 aliphatic heterocycles. The summed E-state index contributed by atoms with van der Waals surface area (Å²) in [7, 11) is 0. The van der Waals surface area contributed by atoms with Gasteiger partial charge in [-0.05, 0) is 18.5 Å². The lowest BCUT2D eigenvalue weighted by molar-refractivity contribution is -0.00205. The molecule has 3 heteroatoms. The van der Waals surface area contributed by atoms with E-state index in [1.165, 1.54) is 0 Å². The Balaban J connectivity index is 2.23. The zero-order chi connectivity index (χ0) is 10.7. The van der Waals surface area contributed by atoms with E-state index in [0.717, 1.165) is 5.56 Å². The first-order valence-electron chi connectivity index (χ1n) is 5.15. The van der Waals surface area contributed by atoms with Crippen LogP contribution in [0.2, 0.25) is 0 Å². The fourth-order valence-corrected chi connectivity index (χ4v) is 2.07. The van der Waals surface area contributed by atoms with Gasteiger partial charge < -0.3 is 10.4 Å². The van der Waals surface area contributed by atoms with E-state index in [9.17, 15) is 5.11 Å². The monoisotopic (exact) mass is 202 g/mol. The number of nitrogens with one attached hydrogen (secondary N) is 1. The quantitative estimate of drug-likeness (QED) is 0.718. The number of hydrogen-bond donors (Lipinski definition) is 2. The summed E-state index contributed by atoms with van der Waals surface area (Å²) in [6.45, 7) is 0.684. The summed E-state index contributed by atoms with van der Waals surface area (Å²) in [5, 5.41) is 22.4. The smallest absolute Gasteiger partial charge is 0.0983 e. The van der Waals surface area contributed by atoms with Crippen molar-refractivity contribution in [1.29, 1.82) is 5.26 Å². The van der Waals surface area contributed by atoms with E-state index in [0.29, 0.717) is 19.4 Å². The largest absolute Gasteiger partial charge is 0.385 e. The molecule has 2 atom stereocenters. The van der Waals surface area contributed by atoms with Gasteiger partial charge in [0, 0.05) is 6.42 Å². The number of hydrogen-bond acceptors (Lipinski definition) is 3. The van der Waals surface area contributed by atoms with Crippen LogP contribution in [-0.4, -0.2) is 17.7 Å². The molecule has 0 unspecified atom stereocenters. The average molecular weight is 202 g/mol. The Kier molecular flexibility index (Phi) is 2.72. The molecule has 1 saturated heterocycles. The number of rotatable bonds is 1. The second-order valence-electron chi connectivity index (χ2n) is 3.99. The van der Waals surface area contributed by atoms with E-state index >= 15 is 0 Å². The lowest BCUT2D eigenvalue weighted by atomic mass is 9.82. The summed E-state index contributed by atoms with van der Waals surface area (Å²) in [5.74, 6) is 0. The number of nitrogens with zero attached hydrogens (tertiary/aromatic N) is 1. The molecule has 78 valence electrons. The van der Waals surface area contributed by atoms with Gasteiger partial charge in [-0.2, -0.15) is 5.26 Å². The van der Waals surface area contributed by atoms with Crippen LogP contribution in [0.4, 0.5) is 0 Å². The summed E-state index contributed by atoms with van der Waals surface area (Å²) >= 11 is 0. The van der Waals surface area contributed by atoms with Gasteiger partial charge in [0.15, 0.2) is 0 Å². The Morgan fingerprint density at radius 3 is 2.80 bits per heavy atom. The highest BCUT2D eigenvalue weighted by Crippen LogP contribution is 2.32. The van der Waals surface area contributed by atoms with Crippen LogP contribution in [0.1, 0.15) is 18.4 Å². The van der Waals surface area contributed by atoms with Crippen molar-refractivity contribution in [1.82, 2.24) is 5.32 Å². The maximum absolute atomic E-state index is 10.5. The fourth-order valence-electron chi connectivity index (χ4n) is 2.07. The molecule has 0 bridgehead atoms. The van der Waals surface area contributed by atoms with Gasteiger partial charge in [0.1, 0.15) is 0 Å². The Morgan fingerprint density at radius 1 is 1.40 bits per heavy atom. The zero-order valence-electron chi connectivity index (χ0n) is 8.48. The molecule has 1 fully saturated rings. The highest BCUT2D eigenvalue weighted by Gasteiger charge is 2.35. The molecule has 0 radical (unpaired) electrons. The molecule has 1 aliphatic rings. The molecular weight excluding hydrogens is 188 g/mol. The molecule has 0 aromatic heterocycles. The molecule has 3 nitrogen and oxygen atoms in total. The molecule has 0 spiro atoms. The van der Waals surface area contributed by atoms with Crippen molar-refractivity contribution in [2.75, 3.05) is 6.54 Å². The molecule has 1 heterocycles. The second-order valence-corrected chi connectivity index (χ2v) is 3.99. The van der Waals surface area contributed by atoms with Crippen LogP contribution in [0, 0.1) is 11.3 Å². The summed E-state index contributed by atoms with van der Waals surface area (Å²) in [4.78, 5) is 0. The summed E-state index contributed by atoms with van der Waals surface area (Å²) in [6.07, 6.45) is 1.13. The first kappa shape index (κ1) is 10.2. The Bertz CT molecular complexity index is 371. The minimum absolute atomic E-state index is 0.246. The van der Waals surface area contributed by atoms with Gasteiger partial charge in [0.2, 0.25) is 0 Å². The van der Waals surface area contributed by atoms with Gasteiger partial charge in [-0.25, -0.2) is 0 Å². The van der Waals surface area contributed by atoms with Crippen molar-refractivity contribution in [3.63, 3.8) is 0 Å². The predicted molar refractivity (Wildman–Crippen MR) is 57.0 cm³/mol.